The third-order valence-electron chi connectivity index (χ3n) is 2.08. The Labute approximate surface area is 94.7 Å². The van der Waals surface area contributed by atoms with Crippen LogP contribution in [0.2, 0.25) is 0 Å². The lowest BCUT2D eigenvalue weighted by atomic mass is 10.0. The van der Waals surface area contributed by atoms with Crippen molar-refractivity contribution in [1.82, 2.24) is 0 Å². The molecule has 0 aliphatic rings. The zero-order chi connectivity index (χ0) is 14.6. The first kappa shape index (κ1) is 5.75. The molecular formula is C14H18. The molecule has 0 saturated carbocycles. The Morgan fingerprint density at radius 1 is 1.21 bits per heavy atom. The molecule has 14 heavy (non-hydrogen) atoms. The minimum atomic E-state index is -0.405. The molecule has 0 aromatic heterocycles. The molecule has 0 N–H and O–H groups in total. The normalized spacial score (nSPS) is 15.1. The average Bonchev–Trinajstić information content (AvgIpc) is 2.39. The maximum atomic E-state index is 7.94. The monoisotopic (exact) mass is 191 g/mol. The van der Waals surface area contributed by atoms with E-state index in [2.05, 4.69) is 6.92 Å². The fraction of sp³-hybridized carbons (Fsp3) is 0.429. The molecule has 74 valence electrons. The highest BCUT2D eigenvalue weighted by Gasteiger charge is 1.97. The summed E-state index contributed by atoms with van der Waals surface area (Å²) in [6.07, 6.45) is 4.45. The SMILES string of the molecule is [2H]c1c([2H])c([2H])c(C(=[C])CCCCCC)c([2H])c1[2H]. The smallest absolute Gasteiger partial charge is 0.0629 e. The highest BCUT2D eigenvalue weighted by atomic mass is 14.0. The largest absolute Gasteiger partial charge is 0.0654 e. The van der Waals surface area contributed by atoms with Crippen molar-refractivity contribution in [3.63, 3.8) is 0 Å². The van der Waals surface area contributed by atoms with E-state index in [1.54, 1.807) is 0 Å². The van der Waals surface area contributed by atoms with Gasteiger partial charge in [-0.15, -0.1) is 0 Å². The Morgan fingerprint density at radius 2 is 1.93 bits per heavy atom. The highest BCUT2D eigenvalue weighted by Crippen LogP contribution is 2.18. The van der Waals surface area contributed by atoms with Crippen LogP contribution in [0.4, 0.5) is 0 Å². The Balaban J connectivity index is 2.97. The fourth-order valence-electron chi connectivity index (χ4n) is 1.25. The van der Waals surface area contributed by atoms with Crippen molar-refractivity contribution in [3.8, 4) is 0 Å². The van der Waals surface area contributed by atoms with E-state index in [1.807, 2.05) is 0 Å². The van der Waals surface area contributed by atoms with E-state index in [0.717, 1.165) is 25.7 Å². The molecule has 1 aromatic carbocycles. The van der Waals surface area contributed by atoms with Gasteiger partial charge >= 0.3 is 0 Å². The van der Waals surface area contributed by atoms with E-state index < -0.39 is 6.04 Å². The highest BCUT2D eigenvalue weighted by molar-refractivity contribution is 5.61. The van der Waals surface area contributed by atoms with Crippen molar-refractivity contribution in [3.05, 3.63) is 42.4 Å². The van der Waals surface area contributed by atoms with Crippen LogP contribution in [0, 0.1) is 6.58 Å². The molecule has 0 aliphatic carbocycles. The molecule has 0 bridgehead atoms. The molecule has 0 saturated heterocycles. The second-order valence-electron chi connectivity index (χ2n) is 3.29. The van der Waals surface area contributed by atoms with Crippen LogP contribution in [0.5, 0.6) is 0 Å². The van der Waals surface area contributed by atoms with Crippen LogP contribution in [0.1, 0.15) is 51.4 Å². The topological polar surface area (TPSA) is 0 Å². The summed E-state index contributed by atoms with van der Waals surface area (Å²) in [6, 6.07) is -1.68. The van der Waals surface area contributed by atoms with Crippen LogP contribution in [0.3, 0.4) is 0 Å². The molecule has 0 fully saturated rings. The summed E-state index contributed by atoms with van der Waals surface area (Å²) in [7, 11) is 0. The second-order valence-corrected chi connectivity index (χ2v) is 3.29. The Kier molecular flexibility index (Phi) is 2.64. The van der Waals surface area contributed by atoms with Gasteiger partial charge in [0.1, 0.15) is 0 Å². The minimum Gasteiger partial charge on any atom is -0.0654 e. The quantitative estimate of drug-likeness (QED) is 0.586. The molecule has 0 aliphatic heterocycles. The molecule has 0 heterocycles. The maximum absolute atomic E-state index is 7.94. The molecule has 0 amide bonds. The van der Waals surface area contributed by atoms with Gasteiger partial charge < -0.3 is 0 Å². The molecule has 1 aromatic rings. The Morgan fingerprint density at radius 3 is 2.57 bits per heavy atom. The lowest BCUT2D eigenvalue weighted by Crippen LogP contribution is -1.83. The Bertz CT molecular complexity index is 450. The van der Waals surface area contributed by atoms with Crippen molar-refractivity contribution in [1.29, 1.82) is 0 Å². The third kappa shape index (κ3) is 3.78. The lowest BCUT2D eigenvalue weighted by molar-refractivity contribution is 0.679. The molecule has 0 atom stereocenters. The number of rotatable bonds is 6. The van der Waals surface area contributed by atoms with Crippen LogP contribution in [-0.4, -0.2) is 0 Å². The van der Waals surface area contributed by atoms with Crippen molar-refractivity contribution in [2.75, 3.05) is 0 Å². The van der Waals surface area contributed by atoms with E-state index in [9.17, 15) is 0 Å². The molecular weight excluding hydrogens is 168 g/mol. The molecule has 0 nitrogen and oxygen atoms in total. The van der Waals surface area contributed by atoms with Crippen LogP contribution < -0.4 is 0 Å². The maximum Gasteiger partial charge on any atom is 0.0629 e. The van der Waals surface area contributed by atoms with Gasteiger partial charge in [-0.3, -0.25) is 0 Å². The van der Waals surface area contributed by atoms with Gasteiger partial charge in [-0.1, -0.05) is 56.4 Å². The van der Waals surface area contributed by atoms with Crippen LogP contribution >= 0.6 is 0 Å². The number of hydrogen-bond donors (Lipinski definition) is 0. The summed E-state index contributed by atoms with van der Waals surface area (Å²) >= 11 is 0. The van der Waals surface area contributed by atoms with Crippen molar-refractivity contribution >= 4 is 5.57 Å². The number of benzene rings is 1. The average molecular weight is 191 g/mol. The van der Waals surface area contributed by atoms with Gasteiger partial charge in [0.05, 0.1) is 6.85 Å². The number of hydrogen-bond acceptors (Lipinski definition) is 0. The molecule has 0 unspecified atom stereocenters. The first-order valence-electron chi connectivity index (χ1n) is 7.56. The molecule has 1 rings (SSSR count). The van der Waals surface area contributed by atoms with Gasteiger partial charge in [0.15, 0.2) is 0 Å². The summed E-state index contributed by atoms with van der Waals surface area (Å²) in [5, 5.41) is 0. The summed E-state index contributed by atoms with van der Waals surface area (Å²) < 4.78 is 38.2. The number of allylic oxidation sites excluding steroid dienone is 1. The Hall–Kier alpha value is -1.04. The van der Waals surface area contributed by atoms with E-state index in [4.69, 9.17) is 13.4 Å². The van der Waals surface area contributed by atoms with Crippen LogP contribution in [0.25, 0.3) is 5.57 Å². The minimum absolute atomic E-state index is 0.0440. The van der Waals surface area contributed by atoms with Crippen molar-refractivity contribution < 1.29 is 6.85 Å². The van der Waals surface area contributed by atoms with E-state index >= 15 is 0 Å². The first-order valence-corrected chi connectivity index (χ1v) is 5.06. The van der Waals surface area contributed by atoms with Gasteiger partial charge in [0.25, 0.3) is 0 Å². The van der Waals surface area contributed by atoms with Crippen molar-refractivity contribution in [2.45, 2.75) is 39.0 Å². The van der Waals surface area contributed by atoms with Gasteiger partial charge in [-0.25, -0.2) is 0 Å². The van der Waals surface area contributed by atoms with Crippen molar-refractivity contribution in [2.24, 2.45) is 0 Å². The van der Waals surface area contributed by atoms with Gasteiger partial charge in [-0.2, -0.15) is 0 Å². The predicted octanol–water partition coefficient (Wildman–Crippen LogP) is 4.35. The molecule has 0 spiro atoms. The summed E-state index contributed by atoms with van der Waals surface area (Å²) in [6.45, 7) is 10.0. The van der Waals surface area contributed by atoms with E-state index in [-0.39, 0.29) is 35.3 Å². The molecule has 0 heteroatoms. The zero-order valence-electron chi connectivity index (χ0n) is 13.5. The summed E-state index contributed by atoms with van der Waals surface area (Å²) in [5.41, 5.74) is 0.176. The lowest BCUT2D eigenvalue weighted by Gasteiger charge is -2.04. The van der Waals surface area contributed by atoms with Crippen LogP contribution in [-0.2, 0) is 0 Å². The molecule has 2 radical (unpaired) electrons. The van der Waals surface area contributed by atoms with E-state index in [1.165, 1.54) is 0 Å². The predicted molar refractivity (Wildman–Crippen MR) is 61.9 cm³/mol. The van der Waals surface area contributed by atoms with Gasteiger partial charge in [-0.05, 0) is 30.6 Å². The van der Waals surface area contributed by atoms with E-state index in [0.29, 0.717) is 6.42 Å². The third-order valence-corrected chi connectivity index (χ3v) is 2.08. The zero-order valence-corrected chi connectivity index (χ0v) is 8.54. The second kappa shape index (κ2) is 6.42. The summed E-state index contributed by atoms with van der Waals surface area (Å²) in [5.74, 6) is 0. The summed E-state index contributed by atoms with van der Waals surface area (Å²) in [4.78, 5) is 0. The first-order chi connectivity index (χ1) is 8.91. The van der Waals surface area contributed by atoms with Gasteiger partial charge in [0.2, 0.25) is 0 Å². The van der Waals surface area contributed by atoms with Gasteiger partial charge in [0, 0.05) is 0 Å². The number of unbranched alkanes of at least 4 members (excludes halogenated alkanes) is 3. The van der Waals surface area contributed by atoms with Crippen LogP contribution in [0.15, 0.2) is 30.2 Å². The fourth-order valence-corrected chi connectivity index (χ4v) is 1.25. The standard InChI is InChI=1S/C14H18/c1-3-4-5-7-10-13(2)14-11-8-6-9-12-14/h6,8-9,11-12H,3-5,7,10H2,1H3/i6D,8D,9D,11D,12D.